The van der Waals surface area contributed by atoms with Gasteiger partial charge < -0.3 is 15.0 Å². The Bertz CT molecular complexity index is 689. The molecule has 5 nitrogen and oxygen atoms in total. The number of nitrogens with one attached hydrogen (secondary N) is 1. The van der Waals surface area contributed by atoms with Crippen LogP contribution in [0, 0.1) is 12.3 Å². The molecule has 2 rings (SSSR count). The molecule has 1 fully saturated rings. The van der Waals surface area contributed by atoms with Crippen molar-refractivity contribution in [2.24, 2.45) is 0 Å². The molecule has 1 aliphatic rings. The molecule has 134 valence electrons. The maximum absolute atomic E-state index is 12.4. The van der Waals surface area contributed by atoms with Crippen molar-refractivity contribution in [1.29, 1.82) is 0 Å². The minimum atomic E-state index is -5.02. The molecule has 0 spiro atoms. The van der Waals surface area contributed by atoms with E-state index in [-0.39, 0.29) is 17.9 Å². The maximum atomic E-state index is 12.4. The topological polar surface area (TPSA) is 58.6 Å². The molecule has 1 N–H and O–H groups in total. The Labute approximate surface area is 143 Å². The summed E-state index contributed by atoms with van der Waals surface area (Å²) in [5.74, 6) is -0.700. The fourth-order valence-electron chi connectivity index (χ4n) is 2.57. The van der Waals surface area contributed by atoms with E-state index in [4.69, 9.17) is 11.2 Å². The van der Waals surface area contributed by atoms with Crippen LogP contribution < -0.4 is 10.2 Å². The first-order valence-electron chi connectivity index (χ1n) is 7.70. The van der Waals surface area contributed by atoms with Crippen molar-refractivity contribution in [3.63, 3.8) is 0 Å². The van der Waals surface area contributed by atoms with E-state index in [0.717, 1.165) is 32.4 Å². The predicted molar refractivity (Wildman–Crippen MR) is 86.3 cm³/mol. The first-order valence-corrected chi connectivity index (χ1v) is 7.70. The van der Waals surface area contributed by atoms with Crippen molar-refractivity contribution < 1.29 is 27.5 Å². The second-order valence-electron chi connectivity index (χ2n) is 5.51. The van der Waals surface area contributed by atoms with E-state index in [1.165, 1.54) is 18.2 Å². The summed E-state index contributed by atoms with van der Waals surface area (Å²) < 4.78 is 42.1. The summed E-state index contributed by atoms with van der Waals surface area (Å²) in [7, 11) is 0. The van der Waals surface area contributed by atoms with Crippen LogP contribution >= 0.6 is 0 Å². The summed E-state index contributed by atoms with van der Waals surface area (Å²) in [6.07, 6.45) is 3.02. The van der Waals surface area contributed by atoms with Gasteiger partial charge in [0.15, 0.2) is 6.61 Å². The molecule has 8 heteroatoms. The predicted octanol–water partition coefficient (Wildman–Crippen LogP) is 2.97. The highest BCUT2D eigenvalue weighted by atomic mass is 19.4. The van der Waals surface area contributed by atoms with Crippen LogP contribution in [0.2, 0.25) is 0 Å². The van der Waals surface area contributed by atoms with Crippen molar-refractivity contribution in [1.82, 2.24) is 0 Å². The van der Waals surface area contributed by atoms with Gasteiger partial charge in [-0.2, -0.15) is 13.2 Å². The van der Waals surface area contributed by atoms with Crippen LogP contribution in [0.3, 0.4) is 0 Å². The largest absolute Gasteiger partial charge is 0.471 e. The van der Waals surface area contributed by atoms with Crippen LogP contribution in [-0.4, -0.2) is 37.7 Å². The molecule has 0 radical (unpaired) electrons. The summed E-state index contributed by atoms with van der Waals surface area (Å²) >= 11 is 0. The van der Waals surface area contributed by atoms with E-state index < -0.39 is 18.1 Å². The zero-order valence-electron chi connectivity index (χ0n) is 13.4. The second-order valence-corrected chi connectivity index (χ2v) is 5.51. The van der Waals surface area contributed by atoms with E-state index in [1.54, 1.807) is 5.32 Å². The number of carbonyl (C=O) groups excluding carboxylic acids is 2. The molecular formula is C17H17F3N2O3. The van der Waals surface area contributed by atoms with Crippen molar-refractivity contribution in [3.05, 3.63) is 23.8 Å². The fourth-order valence-corrected chi connectivity index (χ4v) is 2.57. The number of terminal acetylenes is 1. The Morgan fingerprint density at radius 3 is 2.52 bits per heavy atom. The van der Waals surface area contributed by atoms with Crippen LogP contribution in [0.25, 0.3) is 0 Å². The summed E-state index contributed by atoms with van der Waals surface area (Å²) in [5, 5.41) is 1.73. The first kappa shape index (κ1) is 18.6. The summed E-state index contributed by atoms with van der Waals surface area (Å²) in [4.78, 5) is 25.3. The molecule has 1 amide bonds. The number of carbonyl (C=O) groups is 2. The number of halogens is 3. The average Bonchev–Trinajstić information content (AvgIpc) is 2.59. The molecule has 0 aromatic heterocycles. The standard InChI is InChI=1S/C17H17F3N2O3/c1-2-10-25-15(23)13-11-12(21-16(24)17(18,19)20)6-7-14(13)22-8-4-3-5-9-22/h1,6-7,11H,3-5,8-10H2,(H,21,24). The zero-order valence-corrected chi connectivity index (χ0v) is 13.4. The molecule has 25 heavy (non-hydrogen) atoms. The maximum Gasteiger partial charge on any atom is 0.471 e. The third kappa shape index (κ3) is 4.89. The number of nitrogens with zero attached hydrogens (tertiary/aromatic N) is 1. The highest BCUT2D eigenvalue weighted by Gasteiger charge is 2.38. The van der Waals surface area contributed by atoms with Gasteiger partial charge in [0.1, 0.15) is 0 Å². The van der Waals surface area contributed by atoms with E-state index in [0.29, 0.717) is 5.69 Å². The molecule has 1 aliphatic heterocycles. The van der Waals surface area contributed by atoms with Gasteiger partial charge in [0.2, 0.25) is 0 Å². The lowest BCUT2D eigenvalue weighted by Gasteiger charge is -2.30. The number of benzene rings is 1. The second kappa shape index (κ2) is 7.92. The van der Waals surface area contributed by atoms with E-state index in [1.807, 2.05) is 4.90 Å². The van der Waals surface area contributed by atoms with Gasteiger partial charge in [-0.1, -0.05) is 5.92 Å². The summed E-state index contributed by atoms with van der Waals surface area (Å²) in [5.41, 5.74) is 0.472. The van der Waals surface area contributed by atoms with Crippen LogP contribution in [0.1, 0.15) is 29.6 Å². The third-order valence-corrected chi connectivity index (χ3v) is 3.72. The normalized spacial score (nSPS) is 14.6. The van der Waals surface area contributed by atoms with Crippen LogP contribution in [0.4, 0.5) is 24.5 Å². The molecule has 0 bridgehead atoms. The lowest BCUT2D eigenvalue weighted by Crippen LogP contribution is -2.32. The van der Waals surface area contributed by atoms with Gasteiger partial charge in [0.25, 0.3) is 0 Å². The van der Waals surface area contributed by atoms with Gasteiger partial charge in [-0.3, -0.25) is 4.79 Å². The molecule has 1 heterocycles. The highest BCUT2D eigenvalue weighted by Crippen LogP contribution is 2.28. The van der Waals surface area contributed by atoms with Crippen LogP contribution in [0.5, 0.6) is 0 Å². The van der Waals surface area contributed by atoms with Gasteiger partial charge in [-0.25, -0.2) is 4.79 Å². The number of hydrogen-bond donors (Lipinski definition) is 1. The molecule has 0 aliphatic carbocycles. The lowest BCUT2D eigenvalue weighted by atomic mass is 10.1. The van der Waals surface area contributed by atoms with E-state index >= 15 is 0 Å². The first-order chi connectivity index (χ1) is 11.8. The average molecular weight is 354 g/mol. The van der Waals surface area contributed by atoms with E-state index in [9.17, 15) is 22.8 Å². The third-order valence-electron chi connectivity index (χ3n) is 3.72. The Hall–Kier alpha value is -2.69. The van der Waals surface area contributed by atoms with Crippen molar-refractivity contribution in [2.75, 3.05) is 29.9 Å². The van der Waals surface area contributed by atoms with Gasteiger partial charge in [0, 0.05) is 18.8 Å². The lowest BCUT2D eigenvalue weighted by molar-refractivity contribution is -0.167. The van der Waals surface area contributed by atoms with Crippen LogP contribution in [0.15, 0.2) is 18.2 Å². The number of ether oxygens (including phenoxy) is 1. The van der Waals surface area contributed by atoms with Crippen molar-refractivity contribution >= 4 is 23.3 Å². The van der Waals surface area contributed by atoms with Crippen molar-refractivity contribution in [2.45, 2.75) is 25.4 Å². The Morgan fingerprint density at radius 1 is 1.24 bits per heavy atom. The minimum absolute atomic E-state index is 0.0668. The smallest absolute Gasteiger partial charge is 0.449 e. The quantitative estimate of drug-likeness (QED) is 0.667. The number of hydrogen-bond acceptors (Lipinski definition) is 4. The Morgan fingerprint density at radius 2 is 1.92 bits per heavy atom. The number of esters is 1. The highest BCUT2D eigenvalue weighted by molar-refractivity contribution is 6.00. The minimum Gasteiger partial charge on any atom is -0.449 e. The van der Waals surface area contributed by atoms with Gasteiger partial charge in [-0.15, -0.1) is 6.42 Å². The Kier molecular flexibility index (Phi) is 5.91. The molecule has 0 saturated carbocycles. The monoisotopic (exact) mass is 354 g/mol. The number of piperidine rings is 1. The molecule has 0 unspecified atom stereocenters. The number of amides is 1. The summed E-state index contributed by atoms with van der Waals surface area (Å²) in [6.45, 7) is 1.20. The van der Waals surface area contributed by atoms with Crippen LogP contribution in [-0.2, 0) is 9.53 Å². The van der Waals surface area contributed by atoms with E-state index in [2.05, 4.69) is 5.92 Å². The molecule has 1 saturated heterocycles. The SMILES string of the molecule is C#CCOC(=O)c1cc(NC(=O)C(F)(F)F)ccc1N1CCCCC1. The molecule has 0 atom stereocenters. The summed E-state index contributed by atoms with van der Waals surface area (Å²) in [6, 6.07) is 4.00. The molecule has 1 aromatic rings. The molecule has 1 aromatic carbocycles. The Balaban J connectivity index is 2.31. The van der Waals surface area contributed by atoms with Crippen molar-refractivity contribution in [3.8, 4) is 12.3 Å². The molecular weight excluding hydrogens is 337 g/mol. The number of anilines is 2. The fraction of sp³-hybridized carbons (Fsp3) is 0.412. The number of rotatable bonds is 4. The zero-order chi connectivity index (χ0) is 18.4. The number of alkyl halides is 3. The van der Waals surface area contributed by atoms with Gasteiger partial charge in [-0.05, 0) is 37.5 Å². The van der Waals surface area contributed by atoms with Gasteiger partial charge >= 0.3 is 18.1 Å². The van der Waals surface area contributed by atoms with Gasteiger partial charge in [0.05, 0.1) is 11.3 Å².